The Labute approximate surface area is 107 Å². The number of halogens is 1. The van der Waals surface area contributed by atoms with Gasteiger partial charge in [0, 0.05) is 13.6 Å². The van der Waals surface area contributed by atoms with Gasteiger partial charge in [0.2, 0.25) is 10.0 Å². The Morgan fingerprint density at radius 2 is 2.06 bits per heavy atom. The van der Waals surface area contributed by atoms with E-state index in [9.17, 15) is 8.42 Å². The third-order valence-electron chi connectivity index (χ3n) is 2.45. The fraction of sp³-hybridized carbons (Fsp3) is 0.455. The van der Waals surface area contributed by atoms with Crippen LogP contribution in [0.4, 0.5) is 0 Å². The number of benzene rings is 1. The molecule has 0 saturated carbocycles. The van der Waals surface area contributed by atoms with Crippen molar-refractivity contribution in [2.24, 2.45) is 5.73 Å². The maximum Gasteiger partial charge on any atom is 0.244 e. The number of sulfonamides is 1. The lowest BCUT2D eigenvalue weighted by atomic mass is 10.2. The van der Waals surface area contributed by atoms with Gasteiger partial charge in [0.25, 0.3) is 0 Å². The lowest BCUT2D eigenvalue weighted by molar-refractivity contribution is 0.464. The summed E-state index contributed by atoms with van der Waals surface area (Å²) in [5, 5.41) is 0.254. The van der Waals surface area contributed by atoms with E-state index in [0.717, 1.165) is 5.56 Å². The molecule has 1 aromatic rings. The topological polar surface area (TPSA) is 63.4 Å². The first-order chi connectivity index (χ1) is 7.89. The molecular formula is C11H17ClN2O2S. The molecule has 0 heterocycles. The first-order valence-corrected chi connectivity index (χ1v) is 7.14. The molecule has 6 heteroatoms. The predicted molar refractivity (Wildman–Crippen MR) is 69.7 cm³/mol. The number of hydrogen-bond acceptors (Lipinski definition) is 3. The zero-order chi connectivity index (χ0) is 13.1. The van der Waals surface area contributed by atoms with Crippen molar-refractivity contribution in [3.05, 3.63) is 28.8 Å². The fourth-order valence-electron chi connectivity index (χ4n) is 1.42. The molecule has 0 unspecified atom stereocenters. The van der Waals surface area contributed by atoms with Gasteiger partial charge in [0.05, 0.1) is 5.02 Å². The number of nitrogens with two attached hydrogens (primary N) is 1. The van der Waals surface area contributed by atoms with Crippen LogP contribution in [0.25, 0.3) is 0 Å². The molecule has 17 heavy (non-hydrogen) atoms. The summed E-state index contributed by atoms with van der Waals surface area (Å²) in [5.74, 6) is 0. The second kappa shape index (κ2) is 5.82. The molecule has 0 aliphatic heterocycles. The summed E-state index contributed by atoms with van der Waals surface area (Å²) in [7, 11) is -1.98. The van der Waals surface area contributed by atoms with Crippen molar-refractivity contribution in [2.75, 3.05) is 20.1 Å². The van der Waals surface area contributed by atoms with E-state index < -0.39 is 10.0 Å². The highest BCUT2D eigenvalue weighted by atomic mass is 35.5. The minimum atomic E-state index is -3.51. The van der Waals surface area contributed by atoms with Crippen LogP contribution in [0.2, 0.25) is 5.02 Å². The van der Waals surface area contributed by atoms with Crippen molar-refractivity contribution < 1.29 is 8.42 Å². The van der Waals surface area contributed by atoms with E-state index in [1.165, 1.54) is 17.4 Å². The van der Waals surface area contributed by atoms with E-state index in [-0.39, 0.29) is 9.92 Å². The lowest BCUT2D eigenvalue weighted by Gasteiger charge is -2.17. The Bertz CT molecular complexity index is 488. The monoisotopic (exact) mass is 276 g/mol. The number of hydrogen-bond donors (Lipinski definition) is 1. The molecule has 0 radical (unpaired) electrons. The SMILES string of the molecule is Cc1ccc(S(=O)(=O)N(C)CCCN)c(Cl)c1. The van der Waals surface area contributed by atoms with Gasteiger partial charge in [-0.15, -0.1) is 0 Å². The van der Waals surface area contributed by atoms with Crippen molar-refractivity contribution in [2.45, 2.75) is 18.2 Å². The zero-order valence-corrected chi connectivity index (χ0v) is 11.6. The van der Waals surface area contributed by atoms with E-state index in [1.807, 2.05) is 6.92 Å². The first-order valence-electron chi connectivity index (χ1n) is 5.32. The van der Waals surface area contributed by atoms with Crippen LogP contribution in [0, 0.1) is 6.92 Å². The van der Waals surface area contributed by atoms with Gasteiger partial charge in [0.15, 0.2) is 0 Å². The Hall–Kier alpha value is -0.620. The third-order valence-corrected chi connectivity index (χ3v) is 4.79. The normalized spacial score (nSPS) is 12.1. The fourth-order valence-corrected chi connectivity index (χ4v) is 3.20. The molecule has 0 atom stereocenters. The van der Waals surface area contributed by atoms with E-state index >= 15 is 0 Å². The summed E-state index contributed by atoms with van der Waals surface area (Å²) in [6.07, 6.45) is 0.624. The summed E-state index contributed by atoms with van der Waals surface area (Å²) >= 11 is 5.96. The molecule has 2 N–H and O–H groups in total. The molecule has 0 spiro atoms. The highest BCUT2D eigenvalue weighted by molar-refractivity contribution is 7.89. The van der Waals surface area contributed by atoms with Crippen molar-refractivity contribution >= 4 is 21.6 Å². The molecular weight excluding hydrogens is 260 g/mol. The molecule has 0 amide bonds. The Balaban J connectivity index is 3.04. The second-order valence-electron chi connectivity index (χ2n) is 3.90. The van der Waals surface area contributed by atoms with Gasteiger partial charge in [-0.25, -0.2) is 12.7 Å². The van der Waals surface area contributed by atoms with Gasteiger partial charge in [-0.3, -0.25) is 0 Å². The number of rotatable bonds is 5. The van der Waals surface area contributed by atoms with Crippen LogP contribution in [0.15, 0.2) is 23.1 Å². The first kappa shape index (κ1) is 14.4. The van der Waals surface area contributed by atoms with Crippen molar-refractivity contribution in [1.29, 1.82) is 0 Å². The van der Waals surface area contributed by atoms with E-state index in [0.29, 0.717) is 19.5 Å². The summed E-state index contributed by atoms with van der Waals surface area (Å²) < 4.78 is 25.6. The minimum Gasteiger partial charge on any atom is -0.330 e. The Morgan fingerprint density at radius 1 is 1.41 bits per heavy atom. The van der Waals surface area contributed by atoms with Crippen LogP contribution in [0.3, 0.4) is 0 Å². The minimum absolute atomic E-state index is 0.143. The molecule has 96 valence electrons. The standard InChI is InChI=1S/C11H17ClN2O2S/c1-9-4-5-11(10(12)8-9)17(15,16)14(2)7-3-6-13/h4-5,8H,3,6-7,13H2,1-2H3. The van der Waals surface area contributed by atoms with Crippen LogP contribution < -0.4 is 5.73 Å². The van der Waals surface area contributed by atoms with Crippen molar-refractivity contribution in [3.8, 4) is 0 Å². The molecule has 1 rings (SSSR count). The van der Waals surface area contributed by atoms with Gasteiger partial charge >= 0.3 is 0 Å². The van der Waals surface area contributed by atoms with Crippen LogP contribution in [0.5, 0.6) is 0 Å². The molecule has 0 aliphatic carbocycles. The Morgan fingerprint density at radius 3 is 2.59 bits per heavy atom. The molecule has 4 nitrogen and oxygen atoms in total. The molecule has 0 aromatic heterocycles. The summed E-state index contributed by atoms with van der Waals surface area (Å²) in [6, 6.07) is 4.91. The summed E-state index contributed by atoms with van der Waals surface area (Å²) in [4.78, 5) is 0.143. The van der Waals surface area contributed by atoms with Gasteiger partial charge in [-0.05, 0) is 37.6 Å². The molecule has 0 bridgehead atoms. The molecule has 0 fully saturated rings. The zero-order valence-electron chi connectivity index (χ0n) is 9.98. The van der Waals surface area contributed by atoms with Crippen LogP contribution in [-0.4, -0.2) is 32.9 Å². The summed E-state index contributed by atoms with van der Waals surface area (Å²) in [5.41, 5.74) is 6.29. The smallest absolute Gasteiger partial charge is 0.244 e. The lowest BCUT2D eigenvalue weighted by Crippen LogP contribution is -2.29. The van der Waals surface area contributed by atoms with Gasteiger partial charge in [-0.1, -0.05) is 17.7 Å². The van der Waals surface area contributed by atoms with E-state index in [2.05, 4.69) is 0 Å². The number of nitrogens with zero attached hydrogens (tertiary/aromatic N) is 1. The Kier molecular flexibility index (Phi) is 4.94. The van der Waals surface area contributed by atoms with Crippen molar-refractivity contribution in [3.63, 3.8) is 0 Å². The predicted octanol–water partition coefficient (Wildman–Crippen LogP) is 1.62. The second-order valence-corrected chi connectivity index (χ2v) is 6.32. The van der Waals surface area contributed by atoms with Gasteiger partial charge < -0.3 is 5.73 Å². The highest BCUT2D eigenvalue weighted by Gasteiger charge is 2.22. The third kappa shape index (κ3) is 3.42. The van der Waals surface area contributed by atoms with E-state index in [1.54, 1.807) is 12.1 Å². The van der Waals surface area contributed by atoms with Crippen LogP contribution in [-0.2, 0) is 10.0 Å². The van der Waals surface area contributed by atoms with Crippen molar-refractivity contribution in [1.82, 2.24) is 4.31 Å². The quantitative estimate of drug-likeness (QED) is 0.889. The van der Waals surface area contributed by atoms with Gasteiger partial charge in [0.1, 0.15) is 4.90 Å². The van der Waals surface area contributed by atoms with Gasteiger partial charge in [-0.2, -0.15) is 0 Å². The average Bonchev–Trinajstić information content (AvgIpc) is 2.25. The summed E-state index contributed by atoms with van der Waals surface area (Å²) in [6.45, 7) is 2.71. The average molecular weight is 277 g/mol. The molecule has 0 aliphatic rings. The van der Waals surface area contributed by atoms with Crippen LogP contribution >= 0.6 is 11.6 Å². The molecule has 1 aromatic carbocycles. The highest BCUT2D eigenvalue weighted by Crippen LogP contribution is 2.24. The number of aryl methyl sites for hydroxylation is 1. The van der Waals surface area contributed by atoms with Crippen LogP contribution in [0.1, 0.15) is 12.0 Å². The molecule has 0 saturated heterocycles. The maximum absolute atomic E-state index is 12.2. The largest absolute Gasteiger partial charge is 0.330 e. The van der Waals surface area contributed by atoms with E-state index in [4.69, 9.17) is 17.3 Å². The maximum atomic E-state index is 12.2.